The van der Waals surface area contributed by atoms with Crippen LogP contribution in [0.3, 0.4) is 0 Å². The molecule has 1 aliphatic carbocycles. The predicted octanol–water partition coefficient (Wildman–Crippen LogP) is 7.91. The van der Waals surface area contributed by atoms with Crippen LogP contribution in [0.4, 0.5) is 5.69 Å². The van der Waals surface area contributed by atoms with E-state index in [4.69, 9.17) is 9.97 Å². The topological polar surface area (TPSA) is 121 Å². The summed E-state index contributed by atoms with van der Waals surface area (Å²) in [5.41, 5.74) is 2.51. The standard InChI is InChI=1S/C40H57N5O4S2/c1-8-9-27-10-14-29(15-11-27)30-20-22-45(23-21-30)32-25-41-36(42-26-32)31-16-12-28(13-17-31)24-33(37(46)44-51(48,49)40(5,6)7)43-38(47)34-18-19-35(50-34)39(2,3)4/h12-13,16-19,25-27,29-30,33H,8-11,14-15,20-24H2,1-7H3,(H,43,47)(H,44,46)/t27-,29-,33?. The highest BCUT2D eigenvalue weighted by molar-refractivity contribution is 7.91. The number of carbonyl (C=O) groups excluding carboxylic acids is 2. The number of anilines is 1. The van der Waals surface area contributed by atoms with Gasteiger partial charge in [0.05, 0.1) is 27.7 Å². The summed E-state index contributed by atoms with van der Waals surface area (Å²) in [5.74, 6) is 2.08. The number of carbonyl (C=O) groups is 2. The third-order valence-corrected chi connectivity index (χ3v) is 14.3. The number of nitrogens with zero attached hydrogens (tertiary/aromatic N) is 3. The van der Waals surface area contributed by atoms with Gasteiger partial charge in [-0.1, -0.05) is 77.6 Å². The molecule has 0 radical (unpaired) electrons. The summed E-state index contributed by atoms with van der Waals surface area (Å²) in [6, 6.07) is 10.0. The Kier molecular flexibility index (Phi) is 12.3. The monoisotopic (exact) mass is 735 g/mol. The van der Waals surface area contributed by atoms with Crippen LogP contribution in [0.15, 0.2) is 48.8 Å². The first-order valence-electron chi connectivity index (χ1n) is 18.7. The predicted molar refractivity (Wildman–Crippen MR) is 208 cm³/mol. The van der Waals surface area contributed by atoms with Crippen molar-refractivity contribution in [2.24, 2.45) is 17.8 Å². The molecule has 1 aliphatic heterocycles. The Morgan fingerprint density at radius 1 is 0.882 bits per heavy atom. The van der Waals surface area contributed by atoms with Crippen LogP contribution in [0.25, 0.3) is 11.4 Å². The average Bonchev–Trinajstić information content (AvgIpc) is 3.60. The third kappa shape index (κ3) is 9.97. The fraction of sp³-hybridized carbons (Fsp3) is 0.600. The van der Waals surface area contributed by atoms with E-state index in [-0.39, 0.29) is 11.8 Å². The molecule has 2 aromatic heterocycles. The first-order valence-corrected chi connectivity index (χ1v) is 21.0. The van der Waals surface area contributed by atoms with Crippen LogP contribution in [-0.2, 0) is 26.7 Å². The maximum absolute atomic E-state index is 13.4. The molecular formula is C40H57N5O4S2. The van der Waals surface area contributed by atoms with E-state index in [0.29, 0.717) is 10.7 Å². The fourth-order valence-electron chi connectivity index (χ4n) is 7.30. The van der Waals surface area contributed by atoms with Crippen LogP contribution in [0.1, 0.15) is 120 Å². The van der Waals surface area contributed by atoms with Gasteiger partial charge in [-0.05, 0) is 87.3 Å². The lowest BCUT2D eigenvalue weighted by atomic mass is 9.72. The molecule has 3 aromatic rings. The average molecular weight is 736 g/mol. The van der Waals surface area contributed by atoms with E-state index in [2.05, 4.69) is 42.6 Å². The van der Waals surface area contributed by atoms with Gasteiger partial charge in [-0.3, -0.25) is 14.3 Å². The number of nitrogens with one attached hydrogen (secondary N) is 2. The molecule has 1 saturated heterocycles. The summed E-state index contributed by atoms with van der Waals surface area (Å²) < 4.78 is 26.7. The lowest BCUT2D eigenvalue weighted by Crippen LogP contribution is -2.52. The number of hydrogen-bond donors (Lipinski definition) is 2. The largest absolute Gasteiger partial charge is 0.369 e. The van der Waals surface area contributed by atoms with E-state index >= 15 is 0 Å². The van der Waals surface area contributed by atoms with Gasteiger partial charge in [0.25, 0.3) is 11.8 Å². The zero-order valence-corrected chi connectivity index (χ0v) is 33.1. The Hall–Kier alpha value is -3.31. The van der Waals surface area contributed by atoms with Crippen LogP contribution in [0, 0.1) is 17.8 Å². The summed E-state index contributed by atoms with van der Waals surface area (Å²) in [4.78, 5) is 40.0. The summed E-state index contributed by atoms with van der Waals surface area (Å²) in [6.07, 6.45) is 14.7. The van der Waals surface area contributed by atoms with Crippen molar-refractivity contribution in [3.05, 3.63) is 64.1 Å². The number of hydrogen-bond acceptors (Lipinski definition) is 8. The number of amides is 2. The molecule has 9 nitrogen and oxygen atoms in total. The van der Waals surface area contributed by atoms with Gasteiger partial charge in [-0.25, -0.2) is 18.4 Å². The van der Waals surface area contributed by atoms with Crippen molar-refractivity contribution in [1.82, 2.24) is 20.0 Å². The quantitative estimate of drug-likeness (QED) is 0.205. The summed E-state index contributed by atoms with van der Waals surface area (Å²) >= 11 is 1.36. The number of rotatable bonds is 11. The second kappa shape index (κ2) is 16.1. The van der Waals surface area contributed by atoms with E-state index in [9.17, 15) is 18.0 Å². The maximum Gasteiger partial charge on any atom is 0.262 e. The van der Waals surface area contributed by atoms with Crippen LogP contribution in [0.5, 0.6) is 0 Å². The van der Waals surface area contributed by atoms with E-state index < -0.39 is 32.6 Å². The lowest BCUT2D eigenvalue weighted by Gasteiger charge is -2.39. The van der Waals surface area contributed by atoms with E-state index in [1.54, 1.807) is 6.07 Å². The molecule has 0 bridgehead atoms. The molecule has 3 heterocycles. The molecule has 1 saturated carbocycles. The van der Waals surface area contributed by atoms with Crippen molar-refractivity contribution < 1.29 is 18.0 Å². The molecular weight excluding hydrogens is 679 g/mol. The molecule has 0 spiro atoms. The normalized spacial score (nSPS) is 19.8. The Labute approximate surface area is 309 Å². The molecule has 51 heavy (non-hydrogen) atoms. The molecule has 1 atom stereocenters. The Bertz CT molecular complexity index is 1720. The second-order valence-electron chi connectivity index (χ2n) is 16.6. The van der Waals surface area contributed by atoms with Crippen molar-refractivity contribution in [2.45, 2.75) is 122 Å². The fourth-order valence-corrected chi connectivity index (χ4v) is 8.98. The first kappa shape index (κ1) is 38.9. The van der Waals surface area contributed by atoms with E-state index in [0.717, 1.165) is 52.5 Å². The maximum atomic E-state index is 13.4. The highest BCUT2D eigenvalue weighted by atomic mass is 32.2. The van der Waals surface area contributed by atoms with E-state index in [1.165, 1.54) is 83.5 Å². The van der Waals surface area contributed by atoms with Crippen molar-refractivity contribution >= 4 is 38.9 Å². The molecule has 1 unspecified atom stereocenters. The van der Waals surface area contributed by atoms with Crippen LogP contribution in [-0.4, -0.2) is 54.1 Å². The minimum atomic E-state index is -3.98. The Morgan fingerprint density at radius 2 is 1.49 bits per heavy atom. The van der Waals surface area contributed by atoms with Crippen molar-refractivity contribution in [1.29, 1.82) is 0 Å². The number of piperidine rings is 1. The molecule has 2 aliphatic rings. The summed E-state index contributed by atoms with van der Waals surface area (Å²) in [5, 5.41) is 2.80. The highest BCUT2D eigenvalue weighted by Gasteiger charge is 2.34. The van der Waals surface area contributed by atoms with Gasteiger partial charge in [0.2, 0.25) is 10.0 Å². The Morgan fingerprint density at radius 3 is 2.04 bits per heavy atom. The zero-order valence-electron chi connectivity index (χ0n) is 31.5. The minimum absolute atomic E-state index is 0.102. The van der Waals surface area contributed by atoms with Crippen LogP contribution < -0.4 is 14.9 Å². The second-order valence-corrected chi connectivity index (χ2v) is 20.1. The zero-order chi connectivity index (χ0) is 37.0. The number of benzene rings is 1. The molecule has 2 fully saturated rings. The van der Waals surface area contributed by atoms with Gasteiger partial charge in [0.15, 0.2) is 5.82 Å². The Balaban J connectivity index is 1.21. The molecule has 5 rings (SSSR count). The highest BCUT2D eigenvalue weighted by Crippen LogP contribution is 2.39. The summed E-state index contributed by atoms with van der Waals surface area (Å²) in [6.45, 7) is 15.2. The van der Waals surface area contributed by atoms with Crippen molar-refractivity contribution in [3.63, 3.8) is 0 Å². The van der Waals surface area contributed by atoms with Gasteiger partial charge >= 0.3 is 0 Å². The molecule has 2 amide bonds. The van der Waals surface area contributed by atoms with Gasteiger partial charge in [0.1, 0.15) is 6.04 Å². The van der Waals surface area contributed by atoms with Crippen LogP contribution >= 0.6 is 11.3 Å². The smallest absolute Gasteiger partial charge is 0.262 e. The van der Waals surface area contributed by atoms with E-state index in [1.807, 2.05) is 42.7 Å². The number of aromatic nitrogens is 2. The molecule has 278 valence electrons. The van der Waals surface area contributed by atoms with Crippen molar-refractivity contribution in [3.8, 4) is 11.4 Å². The van der Waals surface area contributed by atoms with Gasteiger partial charge in [-0.2, -0.15) is 0 Å². The number of thiophene rings is 1. The van der Waals surface area contributed by atoms with Crippen molar-refractivity contribution in [2.75, 3.05) is 18.0 Å². The van der Waals surface area contributed by atoms with Gasteiger partial charge in [0, 0.05) is 30.0 Å². The molecule has 2 N–H and O–H groups in total. The molecule has 1 aromatic carbocycles. The minimum Gasteiger partial charge on any atom is -0.369 e. The number of sulfonamides is 1. The van der Waals surface area contributed by atoms with Gasteiger partial charge in [-0.15, -0.1) is 11.3 Å². The first-order chi connectivity index (χ1) is 24.0. The molecule has 11 heteroatoms. The lowest BCUT2D eigenvalue weighted by molar-refractivity contribution is -0.121. The van der Waals surface area contributed by atoms with Crippen LogP contribution in [0.2, 0.25) is 0 Å². The summed E-state index contributed by atoms with van der Waals surface area (Å²) in [7, 11) is -3.98. The third-order valence-electron chi connectivity index (χ3n) is 10.7. The SMILES string of the molecule is CCC[C@H]1CC[C@H](C2CCN(c3cnc(-c4ccc(CC(NC(=O)c5ccc(C(C)(C)C)s5)C(=O)NS(=O)(=O)C(C)(C)C)cc4)nc3)CC2)CC1. The van der Waals surface area contributed by atoms with Gasteiger partial charge < -0.3 is 10.2 Å².